The van der Waals surface area contributed by atoms with Crippen molar-refractivity contribution in [3.63, 3.8) is 0 Å². The van der Waals surface area contributed by atoms with Gasteiger partial charge in [-0.05, 0) is 44.0 Å². The summed E-state index contributed by atoms with van der Waals surface area (Å²) in [6.45, 7) is 5.51. The van der Waals surface area contributed by atoms with Crippen LogP contribution in [0.25, 0.3) is 0 Å². The van der Waals surface area contributed by atoms with Crippen LogP contribution in [0, 0.1) is 5.92 Å². The highest BCUT2D eigenvalue weighted by molar-refractivity contribution is 6.01. The zero-order valence-electron chi connectivity index (χ0n) is 16.7. The number of ketones is 1. The Hall–Kier alpha value is -2.70. The third-order valence-corrected chi connectivity index (χ3v) is 4.63. The normalized spacial score (nSPS) is 15.7. The lowest BCUT2D eigenvalue weighted by atomic mass is 10.1. The Labute approximate surface area is 165 Å². The molecule has 0 spiro atoms. The van der Waals surface area contributed by atoms with Crippen molar-refractivity contribution >= 4 is 29.3 Å². The van der Waals surface area contributed by atoms with Gasteiger partial charge >= 0.3 is 5.97 Å². The van der Waals surface area contributed by atoms with E-state index in [-0.39, 0.29) is 30.1 Å². The molecule has 0 saturated carbocycles. The minimum Gasteiger partial charge on any atom is -0.453 e. The lowest BCUT2D eigenvalue weighted by Crippen LogP contribution is -2.37. The topological polar surface area (TPSA) is 92.8 Å². The van der Waals surface area contributed by atoms with E-state index < -0.39 is 12.1 Å². The first-order valence-corrected chi connectivity index (χ1v) is 9.70. The number of carbonyl (C=O) groups excluding carboxylic acids is 4. The Kier molecular flexibility index (Phi) is 7.72. The molecule has 1 heterocycles. The third kappa shape index (κ3) is 6.18. The van der Waals surface area contributed by atoms with Crippen LogP contribution in [0.4, 0.5) is 5.69 Å². The first kappa shape index (κ1) is 21.6. The van der Waals surface area contributed by atoms with E-state index in [0.717, 1.165) is 19.3 Å². The Morgan fingerprint density at radius 1 is 1.07 bits per heavy atom. The van der Waals surface area contributed by atoms with Gasteiger partial charge in [-0.25, -0.2) is 0 Å². The van der Waals surface area contributed by atoms with Gasteiger partial charge in [0.15, 0.2) is 6.10 Å². The Morgan fingerprint density at radius 2 is 1.75 bits per heavy atom. The summed E-state index contributed by atoms with van der Waals surface area (Å²) in [5.41, 5.74) is 0.980. The second-order valence-corrected chi connectivity index (χ2v) is 7.34. The molecule has 28 heavy (non-hydrogen) atoms. The molecule has 1 atom stereocenters. The van der Waals surface area contributed by atoms with Gasteiger partial charge in [-0.15, -0.1) is 0 Å². The second kappa shape index (κ2) is 10.0. The van der Waals surface area contributed by atoms with E-state index in [1.54, 1.807) is 38.1 Å². The molecule has 2 amide bonds. The number of esters is 1. The van der Waals surface area contributed by atoms with E-state index in [1.807, 2.05) is 0 Å². The van der Waals surface area contributed by atoms with Crippen molar-refractivity contribution in [1.29, 1.82) is 0 Å². The molecule has 2 rings (SSSR count). The lowest BCUT2D eigenvalue weighted by molar-refractivity contribution is -0.151. The highest BCUT2D eigenvalue weighted by Gasteiger charge is 2.24. The number of anilines is 1. The number of rotatable bonds is 7. The van der Waals surface area contributed by atoms with Crippen molar-refractivity contribution in [1.82, 2.24) is 4.90 Å². The number of likely N-dealkylation sites (tertiary alicyclic amines) is 1. The second-order valence-electron chi connectivity index (χ2n) is 7.34. The molecule has 7 heteroatoms. The number of nitrogens with zero attached hydrogens (tertiary/aromatic N) is 1. The van der Waals surface area contributed by atoms with Crippen LogP contribution >= 0.6 is 0 Å². The fourth-order valence-electron chi connectivity index (χ4n) is 2.89. The van der Waals surface area contributed by atoms with Gasteiger partial charge in [0.05, 0.1) is 0 Å². The summed E-state index contributed by atoms with van der Waals surface area (Å²) in [6, 6.07) is 6.44. The number of nitrogens with one attached hydrogen (secondary N) is 1. The van der Waals surface area contributed by atoms with Crippen molar-refractivity contribution in [3.8, 4) is 0 Å². The summed E-state index contributed by atoms with van der Waals surface area (Å²) >= 11 is 0. The van der Waals surface area contributed by atoms with Crippen molar-refractivity contribution in [2.75, 3.05) is 18.4 Å². The molecule has 0 aromatic heterocycles. The van der Waals surface area contributed by atoms with E-state index in [1.165, 1.54) is 11.8 Å². The summed E-state index contributed by atoms with van der Waals surface area (Å²) in [4.78, 5) is 49.8. The van der Waals surface area contributed by atoms with Crippen LogP contribution in [0.3, 0.4) is 0 Å². The fraction of sp³-hybridized carbons (Fsp3) is 0.524. The van der Waals surface area contributed by atoms with E-state index in [2.05, 4.69) is 5.32 Å². The molecule has 0 aliphatic carbocycles. The summed E-state index contributed by atoms with van der Waals surface area (Å²) in [5.74, 6) is -1.22. The van der Waals surface area contributed by atoms with E-state index >= 15 is 0 Å². The zero-order valence-corrected chi connectivity index (χ0v) is 16.7. The highest BCUT2D eigenvalue weighted by Crippen LogP contribution is 2.15. The smallest absolute Gasteiger partial charge is 0.326 e. The van der Waals surface area contributed by atoms with Crippen LogP contribution < -0.4 is 5.32 Å². The van der Waals surface area contributed by atoms with E-state index in [0.29, 0.717) is 24.2 Å². The maximum Gasteiger partial charge on any atom is 0.326 e. The number of carbonyl (C=O) groups is 4. The summed E-state index contributed by atoms with van der Waals surface area (Å²) < 4.78 is 5.23. The van der Waals surface area contributed by atoms with Gasteiger partial charge in [0.2, 0.25) is 17.6 Å². The van der Waals surface area contributed by atoms with Crippen LogP contribution in [0.1, 0.15) is 56.8 Å². The predicted molar refractivity (Wildman–Crippen MR) is 105 cm³/mol. The van der Waals surface area contributed by atoms with Gasteiger partial charge in [-0.2, -0.15) is 0 Å². The molecule has 1 aliphatic rings. The van der Waals surface area contributed by atoms with Gasteiger partial charge < -0.3 is 15.0 Å². The number of amides is 2. The molecule has 152 valence electrons. The number of hydrogen-bond acceptors (Lipinski definition) is 5. The van der Waals surface area contributed by atoms with Gasteiger partial charge in [0.25, 0.3) is 0 Å². The van der Waals surface area contributed by atoms with E-state index in [9.17, 15) is 19.2 Å². The first-order valence-electron chi connectivity index (χ1n) is 9.70. The molecule has 0 bridgehead atoms. The third-order valence-electron chi connectivity index (χ3n) is 4.63. The van der Waals surface area contributed by atoms with Crippen LogP contribution in [-0.4, -0.2) is 47.7 Å². The summed E-state index contributed by atoms with van der Waals surface area (Å²) in [6.07, 6.45) is 2.17. The standard InChI is InChI=1S/C21H28N2O5/c1-14(2)21(27)22-17-10-8-16(9-11-17)20(26)15(3)28-19(25)13-23-12-6-4-5-7-18(23)24/h8-11,14-15H,4-7,12-13H2,1-3H3,(H,22,27)/t15-/m0/s1. The zero-order chi connectivity index (χ0) is 20.7. The average Bonchev–Trinajstić information content (AvgIpc) is 2.86. The molecular formula is C21H28N2O5. The lowest BCUT2D eigenvalue weighted by Gasteiger charge is -2.20. The van der Waals surface area contributed by atoms with Crippen LogP contribution in [0.15, 0.2) is 24.3 Å². The minimum absolute atomic E-state index is 0.0486. The maximum absolute atomic E-state index is 12.5. The van der Waals surface area contributed by atoms with Crippen LogP contribution in [-0.2, 0) is 19.1 Å². The van der Waals surface area contributed by atoms with Crippen molar-refractivity contribution in [3.05, 3.63) is 29.8 Å². The first-order chi connectivity index (χ1) is 13.3. The molecule has 1 saturated heterocycles. The van der Waals surface area contributed by atoms with Crippen molar-refractivity contribution in [2.45, 2.75) is 52.6 Å². The maximum atomic E-state index is 12.5. The Bertz CT molecular complexity index is 727. The molecule has 0 radical (unpaired) electrons. The molecule has 1 fully saturated rings. The number of benzene rings is 1. The molecule has 0 unspecified atom stereocenters. The minimum atomic E-state index is -0.953. The van der Waals surface area contributed by atoms with Crippen molar-refractivity contribution < 1.29 is 23.9 Å². The summed E-state index contributed by atoms with van der Waals surface area (Å²) in [5, 5.41) is 2.75. The Morgan fingerprint density at radius 3 is 2.39 bits per heavy atom. The average molecular weight is 388 g/mol. The highest BCUT2D eigenvalue weighted by atomic mass is 16.5. The monoisotopic (exact) mass is 388 g/mol. The number of hydrogen-bond donors (Lipinski definition) is 1. The quantitative estimate of drug-likeness (QED) is 0.573. The fourth-order valence-corrected chi connectivity index (χ4v) is 2.89. The van der Waals surface area contributed by atoms with Gasteiger partial charge in [-0.3, -0.25) is 19.2 Å². The number of Topliss-reactive ketones (excluding diaryl/α,β-unsaturated/α-hetero) is 1. The summed E-state index contributed by atoms with van der Waals surface area (Å²) in [7, 11) is 0. The van der Waals surface area contributed by atoms with Gasteiger partial charge in [0, 0.05) is 30.1 Å². The molecule has 7 nitrogen and oxygen atoms in total. The Balaban J connectivity index is 1.90. The van der Waals surface area contributed by atoms with Crippen LogP contribution in [0.5, 0.6) is 0 Å². The number of ether oxygens (including phenoxy) is 1. The van der Waals surface area contributed by atoms with E-state index in [4.69, 9.17) is 4.74 Å². The molecule has 1 N–H and O–H groups in total. The van der Waals surface area contributed by atoms with Gasteiger partial charge in [0.1, 0.15) is 6.54 Å². The van der Waals surface area contributed by atoms with Crippen molar-refractivity contribution in [2.24, 2.45) is 5.92 Å². The molecule has 1 aromatic carbocycles. The van der Waals surface area contributed by atoms with Crippen LogP contribution in [0.2, 0.25) is 0 Å². The molecule has 1 aromatic rings. The predicted octanol–water partition coefficient (Wildman–Crippen LogP) is 2.80. The molecule has 1 aliphatic heterocycles. The van der Waals surface area contributed by atoms with Gasteiger partial charge in [-0.1, -0.05) is 20.3 Å². The largest absolute Gasteiger partial charge is 0.453 e. The SMILES string of the molecule is CC(C)C(=O)Nc1ccc(C(=O)[C@H](C)OC(=O)CN2CCCCCC2=O)cc1. The molecular weight excluding hydrogens is 360 g/mol.